The molecule has 1 atom stereocenters. The van der Waals surface area contributed by atoms with Gasteiger partial charge in [0.25, 0.3) is 5.69 Å². The molecule has 2 N–H and O–H groups in total. The van der Waals surface area contributed by atoms with Crippen LogP contribution in [0.3, 0.4) is 0 Å². The zero-order chi connectivity index (χ0) is 11.5. The van der Waals surface area contributed by atoms with Crippen molar-refractivity contribution in [3.05, 3.63) is 32.8 Å². The number of nitrogens with zero attached hydrogens (tertiary/aromatic N) is 1. The van der Waals surface area contributed by atoms with Gasteiger partial charge < -0.3 is 10.6 Å². The lowest BCUT2D eigenvalue weighted by Gasteiger charge is -2.12. The van der Waals surface area contributed by atoms with E-state index in [1.807, 2.05) is 0 Å². The van der Waals surface area contributed by atoms with Gasteiger partial charge in [0.15, 0.2) is 0 Å². The molecule has 1 aromatic rings. The van der Waals surface area contributed by atoms with Crippen molar-refractivity contribution < 1.29 is 4.92 Å². The predicted molar refractivity (Wildman–Crippen MR) is 65.7 cm³/mol. The van der Waals surface area contributed by atoms with E-state index in [1.54, 1.807) is 12.1 Å². The smallest absolute Gasteiger partial charge is 0.283 e. The molecule has 1 aromatic carbocycles. The van der Waals surface area contributed by atoms with Gasteiger partial charge in [-0.25, -0.2) is 0 Å². The third kappa shape index (κ3) is 2.51. The Morgan fingerprint density at radius 3 is 2.94 bits per heavy atom. The van der Waals surface area contributed by atoms with Crippen molar-refractivity contribution in [1.29, 1.82) is 0 Å². The maximum atomic E-state index is 10.6. The summed E-state index contributed by atoms with van der Waals surface area (Å²) in [5, 5.41) is 17.2. The highest BCUT2D eigenvalue weighted by Gasteiger charge is 2.16. The van der Waals surface area contributed by atoms with Gasteiger partial charge in [0.1, 0.15) is 0 Å². The van der Waals surface area contributed by atoms with Crippen LogP contribution in [-0.2, 0) is 0 Å². The number of nitro benzene ring substituents is 1. The lowest BCUT2D eigenvalue weighted by Crippen LogP contribution is -2.21. The van der Waals surface area contributed by atoms with E-state index >= 15 is 0 Å². The molecule has 1 unspecified atom stereocenters. The van der Waals surface area contributed by atoms with Crippen LogP contribution in [0.25, 0.3) is 0 Å². The van der Waals surface area contributed by atoms with Crippen molar-refractivity contribution in [2.75, 3.05) is 18.4 Å². The van der Waals surface area contributed by atoms with E-state index < -0.39 is 4.92 Å². The van der Waals surface area contributed by atoms with E-state index in [4.69, 9.17) is 0 Å². The van der Waals surface area contributed by atoms with Gasteiger partial charge in [-0.1, -0.05) is 0 Å². The molecule has 5 nitrogen and oxygen atoms in total. The largest absolute Gasteiger partial charge is 0.381 e. The first kappa shape index (κ1) is 11.3. The van der Waals surface area contributed by atoms with Crippen LogP contribution in [0.1, 0.15) is 6.42 Å². The van der Waals surface area contributed by atoms with E-state index in [0.29, 0.717) is 10.5 Å². The zero-order valence-electron chi connectivity index (χ0n) is 8.57. The highest BCUT2D eigenvalue weighted by atomic mass is 79.9. The van der Waals surface area contributed by atoms with Crippen molar-refractivity contribution in [3.63, 3.8) is 0 Å². The number of halogens is 1. The lowest BCUT2D eigenvalue weighted by molar-refractivity contribution is -0.385. The third-order valence-electron chi connectivity index (χ3n) is 2.58. The summed E-state index contributed by atoms with van der Waals surface area (Å²) in [5.41, 5.74) is 1.00. The number of hydrogen-bond acceptors (Lipinski definition) is 4. The van der Waals surface area contributed by atoms with Crippen LogP contribution >= 0.6 is 15.9 Å². The van der Waals surface area contributed by atoms with Gasteiger partial charge in [0.2, 0.25) is 0 Å². The lowest BCUT2D eigenvalue weighted by atomic mass is 10.2. The van der Waals surface area contributed by atoms with Gasteiger partial charge in [-0.15, -0.1) is 0 Å². The summed E-state index contributed by atoms with van der Waals surface area (Å²) < 4.78 is 0.508. The van der Waals surface area contributed by atoms with Gasteiger partial charge in [-0.05, 0) is 41.0 Å². The second kappa shape index (κ2) is 4.80. The molecule has 16 heavy (non-hydrogen) atoms. The molecule has 0 radical (unpaired) electrons. The second-order valence-electron chi connectivity index (χ2n) is 3.76. The van der Waals surface area contributed by atoms with Gasteiger partial charge >= 0.3 is 0 Å². The first-order valence-corrected chi connectivity index (χ1v) is 5.87. The summed E-state index contributed by atoms with van der Waals surface area (Å²) in [7, 11) is 0. The average Bonchev–Trinajstić information content (AvgIpc) is 2.70. The monoisotopic (exact) mass is 285 g/mol. The van der Waals surface area contributed by atoms with Crippen molar-refractivity contribution in [2.45, 2.75) is 12.5 Å². The van der Waals surface area contributed by atoms with E-state index in [-0.39, 0.29) is 5.69 Å². The van der Waals surface area contributed by atoms with Crippen LogP contribution in [0.2, 0.25) is 0 Å². The Morgan fingerprint density at radius 1 is 1.56 bits per heavy atom. The topological polar surface area (TPSA) is 67.2 Å². The van der Waals surface area contributed by atoms with Crippen LogP contribution in [0.15, 0.2) is 22.7 Å². The molecular weight excluding hydrogens is 274 g/mol. The van der Waals surface area contributed by atoms with Gasteiger partial charge in [-0.2, -0.15) is 0 Å². The van der Waals surface area contributed by atoms with Gasteiger partial charge in [0, 0.05) is 24.3 Å². The zero-order valence-corrected chi connectivity index (χ0v) is 10.2. The molecule has 1 saturated heterocycles. The number of rotatable bonds is 3. The summed E-state index contributed by atoms with van der Waals surface area (Å²) in [6.45, 7) is 1.96. The minimum atomic E-state index is -0.398. The van der Waals surface area contributed by atoms with Crippen LogP contribution in [0.4, 0.5) is 11.4 Å². The quantitative estimate of drug-likeness (QED) is 0.660. The minimum Gasteiger partial charge on any atom is -0.381 e. The van der Waals surface area contributed by atoms with Crippen molar-refractivity contribution in [1.82, 2.24) is 5.32 Å². The average molecular weight is 286 g/mol. The molecule has 0 aliphatic carbocycles. The molecule has 0 saturated carbocycles. The molecule has 0 spiro atoms. The summed E-state index contributed by atoms with van der Waals surface area (Å²) >= 11 is 3.20. The molecule has 1 aliphatic heterocycles. The first-order valence-electron chi connectivity index (χ1n) is 5.08. The molecular formula is C10H12BrN3O2. The normalized spacial score (nSPS) is 19.7. The maximum absolute atomic E-state index is 10.6. The van der Waals surface area contributed by atoms with Crippen LogP contribution < -0.4 is 10.6 Å². The molecule has 1 heterocycles. The van der Waals surface area contributed by atoms with Crippen molar-refractivity contribution in [2.24, 2.45) is 0 Å². The molecule has 0 amide bonds. The molecule has 0 aromatic heterocycles. The summed E-state index contributed by atoms with van der Waals surface area (Å²) in [5.74, 6) is 0. The van der Waals surface area contributed by atoms with Crippen molar-refractivity contribution in [3.8, 4) is 0 Å². The van der Waals surface area contributed by atoms with E-state index in [2.05, 4.69) is 26.6 Å². The molecule has 1 aliphatic rings. The predicted octanol–water partition coefficient (Wildman–Crippen LogP) is 2.13. The summed E-state index contributed by atoms with van der Waals surface area (Å²) in [6, 6.07) is 5.40. The molecule has 6 heteroatoms. The van der Waals surface area contributed by atoms with Gasteiger partial charge in [-0.3, -0.25) is 10.1 Å². The Hall–Kier alpha value is -1.14. The van der Waals surface area contributed by atoms with E-state index in [0.717, 1.165) is 25.2 Å². The number of nitro groups is 1. The first-order chi connectivity index (χ1) is 7.66. The van der Waals surface area contributed by atoms with Crippen LogP contribution in [0.5, 0.6) is 0 Å². The Bertz CT molecular complexity index is 405. The van der Waals surface area contributed by atoms with Crippen LogP contribution in [0, 0.1) is 10.1 Å². The number of benzene rings is 1. The fourth-order valence-electron chi connectivity index (χ4n) is 1.76. The molecule has 2 rings (SSSR count). The standard InChI is InChI=1S/C10H12BrN3O2/c11-9-5-7(1-2-10(9)14(15)16)13-8-3-4-12-6-8/h1-2,5,8,12-13H,3-4,6H2. The molecule has 0 bridgehead atoms. The fraction of sp³-hybridized carbons (Fsp3) is 0.400. The third-order valence-corrected chi connectivity index (χ3v) is 3.21. The molecule has 86 valence electrons. The number of hydrogen-bond donors (Lipinski definition) is 2. The van der Waals surface area contributed by atoms with E-state index in [9.17, 15) is 10.1 Å². The Labute approximate surface area is 102 Å². The Kier molecular flexibility index (Phi) is 3.40. The van der Waals surface area contributed by atoms with E-state index in [1.165, 1.54) is 6.07 Å². The van der Waals surface area contributed by atoms with Gasteiger partial charge in [0.05, 0.1) is 9.40 Å². The highest BCUT2D eigenvalue weighted by molar-refractivity contribution is 9.10. The Balaban J connectivity index is 2.11. The maximum Gasteiger partial charge on any atom is 0.283 e. The number of nitrogens with one attached hydrogen (secondary N) is 2. The number of anilines is 1. The SMILES string of the molecule is O=[N+]([O-])c1ccc(NC2CCNC2)cc1Br. The Morgan fingerprint density at radius 2 is 2.38 bits per heavy atom. The van der Waals surface area contributed by atoms with Crippen LogP contribution in [-0.4, -0.2) is 24.1 Å². The van der Waals surface area contributed by atoms with Crippen molar-refractivity contribution >= 4 is 27.3 Å². The highest BCUT2D eigenvalue weighted by Crippen LogP contribution is 2.28. The second-order valence-corrected chi connectivity index (χ2v) is 4.61. The fourth-order valence-corrected chi connectivity index (χ4v) is 2.28. The minimum absolute atomic E-state index is 0.0927. The molecule has 1 fully saturated rings. The summed E-state index contributed by atoms with van der Waals surface area (Å²) in [4.78, 5) is 10.2. The summed E-state index contributed by atoms with van der Waals surface area (Å²) in [6.07, 6.45) is 1.08.